The molecule has 0 bridgehead atoms. The fourth-order valence-electron chi connectivity index (χ4n) is 8.02. The van der Waals surface area contributed by atoms with Gasteiger partial charge in [0.1, 0.15) is 17.3 Å². The molecule has 0 saturated heterocycles. The van der Waals surface area contributed by atoms with Gasteiger partial charge in [0.05, 0.1) is 0 Å². The smallest absolute Gasteiger partial charge is 0.135 e. The third-order valence-electron chi connectivity index (χ3n) is 11.2. The minimum atomic E-state index is 0.296. The minimum Gasteiger partial charge on any atom is -0.300 e. The molecule has 3 heteroatoms. The predicted octanol–water partition coefficient (Wildman–Crippen LogP) is 11.4. The van der Waals surface area contributed by atoms with E-state index in [4.69, 9.17) is 0 Å². The van der Waals surface area contributed by atoms with Gasteiger partial charge in [0.25, 0.3) is 0 Å². The van der Waals surface area contributed by atoms with Crippen molar-refractivity contribution in [2.45, 2.75) is 167 Å². The van der Waals surface area contributed by atoms with Crippen LogP contribution < -0.4 is 0 Å². The van der Waals surface area contributed by atoms with Gasteiger partial charge in [-0.2, -0.15) is 0 Å². The molecule has 2 aromatic carbocycles. The van der Waals surface area contributed by atoms with Crippen molar-refractivity contribution in [3.63, 3.8) is 0 Å². The Morgan fingerprint density at radius 2 is 0.848 bits per heavy atom. The second kappa shape index (κ2) is 20.0. The summed E-state index contributed by atoms with van der Waals surface area (Å²) in [5, 5.41) is 0. The Balaban J connectivity index is 1.07. The van der Waals surface area contributed by atoms with E-state index in [1.807, 2.05) is 0 Å². The highest BCUT2D eigenvalue weighted by Crippen LogP contribution is 2.38. The SMILES string of the molecule is CCCCCC(=O)C1CCC(c2ccc(CCCC(=O)CCCc3ccc(C4CCC(C(=O)CCCCC)CC4)cc3)cc2)CC1. The van der Waals surface area contributed by atoms with E-state index in [1.165, 1.54) is 47.9 Å². The van der Waals surface area contributed by atoms with Crippen LogP contribution in [-0.4, -0.2) is 17.3 Å². The largest absolute Gasteiger partial charge is 0.300 e. The number of unbranched alkanes of at least 4 members (excludes halogenated alkanes) is 4. The van der Waals surface area contributed by atoms with E-state index >= 15 is 0 Å². The molecule has 0 amide bonds. The summed E-state index contributed by atoms with van der Waals surface area (Å²) in [6.45, 7) is 4.38. The Hall–Kier alpha value is -2.55. The molecule has 0 unspecified atom stereocenters. The van der Waals surface area contributed by atoms with Crippen molar-refractivity contribution in [2.24, 2.45) is 11.8 Å². The lowest BCUT2D eigenvalue weighted by Gasteiger charge is -2.28. The van der Waals surface area contributed by atoms with Crippen LogP contribution in [-0.2, 0) is 27.2 Å². The van der Waals surface area contributed by atoms with Crippen LogP contribution in [0.1, 0.15) is 176 Å². The van der Waals surface area contributed by atoms with Crippen LogP contribution in [0.5, 0.6) is 0 Å². The molecular formula is C43H62O3. The number of carbonyl (C=O) groups excluding carboxylic acids is 3. The van der Waals surface area contributed by atoms with E-state index in [-0.39, 0.29) is 0 Å². The van der Waals surface area contributed by atoms with Crippen molar-refractivity contribution in [2.75, 3.05) is 0 Å². The van der Waals surface area contributed by atoms with Crippen molar-refractivity contribution in [1.82, 2.24) is 0 Å². The second-order valence-electron chi connectivity index (χ2n) is 14.7. The van der Waals surface area contributed by atoms with Gasteiger partial charge < -0.3 is 0 Å². The van der Waals surface area contributed by atoms with Gasteiger partial charge >= 0.3 is 0 Å². The molecule has 2 aliphatic carbocycles. The van der Waals surface area contributed by atoms with Gasteiger partial charge in [0, 0.05) is 37.5 Å². The highest BCUT2D eigenvalue weighted by atomic mass is 16.1. The number of aryl methyl sites for hydroxylation is 2. The highest BCUT2D eigenvalue weighted by Gasteiger charge is 2.27. The maximum absolute atomic E-state index is 12.6. The summed E-state index contributed by atoms with van der Waals surface area (Å²) in [4.78, 5) is 37.6. The molecule has 0 spiro atoms. The molecule has 0 aliphatic heterocycles. The highest BCUT2D eigenvalue weighted by molar-refractivity contribution is 5.81. The van der Waals surface area contributed by atoms with E-state index < -0.39 is 0 Å². The van der Waals surface area contributed by atoms with Crippen molar-refractivity contribution in [1.29, 1.82) is 0 Å². The zero-order valence-electron chi connectivity index (χ0n) is 29.2. The van der Waals surface area contributed by atoms with E-state index in [9.17, 15) is 14.4 Å². The van der Waals surface area contributed by atoms with Crippen LogP contribution in [0.25, 0.3) is 0 Å². The summed E-state index contributed by atoms with van der Waals surface area (Å²) in [7, 11) is 0. The second-order valence-corrected chi connectivity index (χ2v) is 14.7. The molecule has 2 saturated carbocycles. The average molecular weight is 627 g/mol. The number of hydrogen-bond acceptors (Lipinski definition) is 3. The quantitative estimate of drug-likeness (QED) is 0.137. The zero-order valence-corrected chi connectivity index (χ0v) is 29.2. The summed E-state index contributed by atoms with van der Waals surface area (Å²) in [6.07, 6.45) is 22.2. The van der Waals surface area contributed by atoms with Crippen molar-refractivity contribution >= 4 is 17.3 Å². The molecule has 0 radical (unpaired) electrons. The minimum absolute atomic E-state index is 0.296. The van der Waals surface area contributed by atoms with Gasteiger partial charge in [-0.1, -0.05) is 88.1 Å². The Bertz CT molecular complexity index is 1080. The van der Waals surface area contributed by atoms with Crippen molar-refractivity contribution in [3.05, 3.63) is 70.8 Å². The third kappa shape index (κ3) is 11.9. The van der Waals surface area contributed by atoms with Crippen molar-refractivity contribution < 1.29 is 14.4 Å². The van der Waals surface area contributed by atoms with Gasteiger partial charge in [0.15, 0.2) is 0 Å². The Kier molecular flexibility index (Phi) is 15.7. The monoisotopic (exact) mass is 626 g/mol. The zero-order chi connectivity index (χ0) is 32.6. The Labute approximate surface area is 280 Å². The molecule has 252 valence electrons. The summed E-state index contributed by atoms with van der Waals surface area (Å²) in [5.41, 5.74) is 5.48. The van der Waals surface area contributed by atoms with E-state index in [2.05, 4.69) is 62.4 Å². The number of benzene rings is 2. The molecule has 2 fully saturated rings. The summed E-state index contributed by atoms with van der Waals surface area (Å²) in [6, 6.07) is 18.2. The lowest BCUT2D eigenvalue weighted by atomic mass is 9.76. The van der Waals surface area contributed by atoms with E-state index in [0.717, 1.165) is 103 Å². The van der Waals surface area contributed by atoms with E-state index in [1.54, 1.807) is 0 Å². The standard InChI is InChI=1S/C43H62O3/c1-3-5-7-15-42(45)39-29-25-37(26-30-39)35-21-17-33(18-22-35)11-9-13-41(44)14-10-12-34-19-23-36(24-20-34)38-27-31-40(32-28-38)43(46)16-8-6-4-2/h17-24,37-40H,3-16,25-32H2,1-2H3. The van der Waals surface area contributed by atoms with Crippen LogP contribution in [0.4, 0.5) is 0 Å². The summed E-state index contributed by atoms with van der Waals surface area (Å²) in [5.74, 6) is 3.15. The first-order valence-electron chi connectivity index (χ1n) is 19.2. The molecule has 2 aromatic rings. The van der Waals surface area contributed by atoms with Crippen molar-refractivity contribution in [3.8, 4) is 0 Å². The van der Waals surface area contributed by atoms with Crippen LogP contribution in [0, 0.1) is 11.8 Å². The lowest BCUT2D eigenvalue weighted by molar-refractivity contribution is -0.124. The first-order chi connectivity index (χ1) is 22.5. The Morgan fingerprint density at radius 3 is 1.20 bits per heavy atom. The summed E-state index contributed by atoms with van der Waals surface area (Å²) >= 11 is 0. The van der Waals surface area contributed by atoms with Crippen LogP contribution in [0.3, 0.4) is 0 Å². The predicted molar refractivity (Wildman–Crippen MR) is 191 cm³/mol. The van der Waals surface area contributed by atoms with Crippen LogP contribution in [0.15, 0.2) is 48.5 Å². The molecule has 0 atom stereocenters. The number of Topliss-reactive ketones (excluding diaryl/α,β-unsaturated/α-hetero) is 3. The third-order valence-corrected chi connectivity index (χ3v) is 11.2. The lowest BCUT2D eigenvalue weighted by Crippen LogP contribution is -2.21. The topological polar surface area (TPSA) is 51.2 Å². The van der Waals surface area contributed by atoms with Crippen LogP contribution >= 0.6 is 0 Å². The van der Waals surface area contributed by atoms with Gasteiger partial charge in [-0.05, 0) is 124 Å². The van der Waals surface area contributed by atoms with Gasteiger partial charge in [-0.25, -0.2) is 0 Å². The van der Waals surface area contributed by atoms with Gasteiger partial charge in [0.2, 0.25) is 0 Å². The van der Waals surface area contributed by atoms with Crippen LogP contribution in [0.2, 0.25) is 0 Å². The molecule has 46 heavy (non-hydrogen) atoms. The molecule has 4 rings (SSSR count). The Morgan fingerprint density at radius 1 is 0.478 bits per heavy atom. The maximum atomic E-state index is 12.6. The van der Waals surface area contributed by atoms with Gasteiger partial charge in [-0.15, -0.1) is 0 Å². The fraction of sp³-hybridized carbons (Fsp3) is 0.651. The number of hydrogen-bond donors (Lipinski definition) is 0. The molecule has 3 nitrogen and oxygen atoms in total. The average Bonchev–Trinajstić information content (AvgIpc) is 3.09. The first kappa shape index (κ1) is 36.3. The summed E-state index contributed by atoms with van der Waals surface area (Å²) < 4.78 is 0. The van der Waals surface area contributed by atoms with Gasteiger partial charge in [-0.3, -0.25) is 14.4 Å². The molecule has 2 aliphatic rings. The number of ketones is 3. The maximum Gasteiger partial charge on any atom is 0.135 e. The number of carbonyl (C=O) groups is 3. The molecular weight excluding hydrogens is 564 g/mol. The first-order valence-corrected chi connectivity index (χ1v) is 19.2. The van der Waals surface area contributed by atoms with E-state index in [0.29, 0.717) is 53.9 Å². The molecule has 0 heterocycles. The number of rotatable bonds is 20. The molecule has 0 N–H and O–H groups in total. The molecule has 0 aromatic heterocycles. The normalized spacial score (nSPS) is 21.6. The fourth-order valence-corrected chi connectivity index (χ4v) is 8.02.